The molecular formula is C9H13N3O2. The minimum atomic E-state index is -0.248. The first-order valence-electron chi connectivity index (χ1n) is 4.74. The summed E-state index contributed by atoms with van der Waals surface area (Å²) >= 11 is 0. The van der Waals surface area contributed by atoms with Crippen LogP contribution in [-0.4, -0.2) is 25.0 Å². The quantitative estimate of drug-likeness (QED) is 0.607. The molecule has 1 atom stereocenters. The van der Waals surface area contributed by atoms with Gasteiger partial charge in [-0.25, -0.2) is 15.2 Å². The highest BCUT2D eigenvalue weighted by atomic mass is 16.5. The summed E-state index contributed by atoms with van der Waals surface area (Å²) in [6.07, 6.45) is 2.29. The van der Waals surface area contributed by atoms with E-state index >= 15 is 0 Å². The van der Waals surface area contributed by atoms with Crippen LogP contribution in [0.15, 0.2) is 16.8 Å². The van der Waals surface area contributed by atoms with E-state index in [2.05, 4.69) is 15.8 Å². The van der Waals surface area contributed by atoms with Crippen LogP contribution in [0.3, 0.4) is 0 Å². The van der Waals surface area contributed by atoms with Crippen LogP contribution in [0.1, 0.15) is 13.3 Å². The molecule has 0 spiro atoms. The Hall–Kier alpha value is -1.36. The Balaban J connectivity index is 2.06. The Bertz CT molecular complexity index is 309. The van der Waals surface area contributed by atoms with Crippen LogP contribution in [-0.2, 0) is 9.53 Å². The lowest BCUT2D eigenvalue weighted by Crippen LogP contribution is -2.28. The number of carbonyl (C=O) groups excluding carboxylic acids is 1. The molecule has 76 valence electrons. The zero-order chi connectivity index (χ0) is 9.97. The molecule has 0 aromatic carbocycles. The van der Waals surface area contributed by atoms with Crippen LogP contribution in [0.4, 0.5) is 0 Å². The van der Waals surface area contributed by atoms with Crippen molar-refractivity contribution in [1.29, 1.82) is 0 Å². The zero-order valence-corrected chi connectivity index (χ0v) is 8.04. The molecule has 14 heavy (non-hydrogen) atoms. The molecule has 1 unspecified atom stereocenters. The first kappa shape index (κ1) is 9.21. The second-order valence-electron chi connectivity index (χ2n) is 3.30. The van der Waals surface area contributed by atoms with E-state index in [-0.39, 0.29) is 5.97 Å². The summed E-state index contributed by atoms with van der Waals surface area (Å²) in [6.45, 7) is 3.03. The van der Waals surface area contributed by atoms with Crippen molar-refractivity contribution in [1.82, 2.24) is 10.9 Å². The molecule has 1 saturated heterocycles. The number of fused-ring (bicyclic) bond motifs is 1. The molecule has 0 bridgehead atoms. The van der Waals surface area contributed by atoms with E-state index in [0.717, 1.165) is 12.4 Å². The number of ether oxygens (including phenoxy) is 1. The minimum absolute atomic E-state index is 0.248. The van der Waals surface area contributed by atoms with Crippen LogP contribution in [0.25, 0.3) is 0 Å². The summed E-state index contributed by atoms with van der Waals surface area (Å²) in [5.74, 6) is 0.958. The molecule has 0 aromatic heterocycles. The SMILES string of the molecule is CCOC(=O)C1=CN=C2NNCC2C1. The lowest BCUT2D eigenvalue weighted by molar-refractivity contribution is -0.138. The van der Waals surface area contributed by atoms with Gasteiger partial charge in [0.2, 0.25) is 0 Å². The van der Waals surface area contributed by atoms with Crippen molar-refractivity contribution >= 4 is 11.8 Å². The fourth-order valence-electron chi connectivity index (χ4n) is 1.60. The smallest absolute Gasteiger partial charge is 0.335 e. The third kappa shape index (κ3) is 1.63. The number of amidine groups is 1. The number of hydrogen-bond donors (Lipinski definition) is 2. The van der Waals surface area contributed by atoms with Crippen LogP contribution >= 0.6 is 0 Å². The van der Waals surface area contributed by atoms with Crippen molar-refractivity contribution in [2.45, 2.75) is 13.3 Å². The molecule has 2 N–H and O–H groups in total. The molecule has 1 fully saturated rings. The average molecular weight is 195 g/mol. The largest absolute Gasteiger partial charge is 0.463 e. The maximum Gasteiger partial charge on any atom is 0.335 e. The zero-order valence-electron chi connectivity index (χ0n) is 8.04. The molecule has 0 aromatic rings. The second-order valence-corrected chi connectivity index (χ2v) is 3.30. The maximum atomic E-state index is 11.4. The average Bonchev–Trinajstić information content (AvgIpc) is 2.64. The summed E-state index contributed by atoms with van der Waals surface area (Å²) in [7, 11) is 0. The van der Waals surface area contributed by atoms with E-state index in [1.165, 1.54) is 0 Å². The Morgan fingerprint density at radius 2 is 2.64 bits per heavy atom. The number of esters is 1. The van der Waals surface area contributed by atoms with Gasteiger partial charge in [-0.3, -0.25) is 0 Å². The Kier molecular flexibility index (Phi) is 2.49. The van der Waals surface area contributed by atoms with Gasteiger partial charge < -0.3 is 10.2 Å². The Morgan fingerprint density at radius 3 is 3.43 bits per heavy atom. The van der Waals surface area contributed by atoms with Crippen molar-refractivity contribution in [2.24, 2.45) is 10.9 Å². The predicted molar refractivity (Wildman–Crippen MR) is 51.4 cm³/mol. The van der Waals surface area contributed by atoms with E-state index < -0.39 is 0 Å². The number of hydrogen-bond acceptors (Lipinski definition) is 5. The van der Waals surface area contributed by atoms with Gasteiger partial charge in [0.25, 0.3) is 0 Å². The van der Waals surface area contributed by atoms with Crippen LogP contribution in [0, 0.1) is 5.92 Å². The standard InChI is InChI=1S/C9H13N3O2/c1-2-14-9(13)7-3-6-5-11-12-8(6)10-4-7/h4,6,11H,2-3,5H2,1H3,(H,10,12). The molecule has 2 aliphatic heterocycles. The van der Waals surface area contributed by atoms with Crippen molar-refractivity contribution < 1.29 is 9.53 Å². The van der Waals surface area contributed by atoms with Gasteiger partial charge in [0.15, 0.2) is 0 Å². The van der Waals surface area contributed by atoms with Crippen molar-refractivity contribution in [2.75, 3.05) is 13.2 Å². The third-order valence-corrected chi connectivity index (χ3v) is 2.32. The topological polar surface area (TPSA) is 62.7 Å². The number of nitrogens with zero attached hydrogens (tertiary/aromatic N) is 1. The van der Waals surface area contributed by atoms with Gasteiger partial charge in [0, 0.05) is 18.7 Å². The fraction of sp³-hybridized carbons (Fsp3) is 0.556. The summed E-state index contributed by atoms with van der Waals surface area (Å²) in [6, 6.07) is 0. The second kappa shape index (κ2) is 3.79. The summed E-state index contributed by atoms with van der Waals surface area (Å²) in [5, 5.41) is 0. The number of aliphatic imine (C=N–C) groups is 1. The van der Waals surface area contributed by atoms with E-state index in [1.807, 2.05) is 0 Å². The van der Waals surface area contributed by atoms with E-state index in [1.54, 1.807) is 13.1 Å². The molecule has 5 nitrogen and oxygen atoms in total. The lowest BCUT2D eigenvalue weighted by Gasteiger charge is -2.14. The first-order valence-corrected chi connectivity index (χ1v) is 4.74. The van der Waals surface area contributed by atoms with Gasteiger partial charge in [-0.2, -0.15) is 0 Å². The van der Waals surface area contributed by atoms with E-state index in [0.29, 0.717) is 24.5 Å². The highest BCUT2D eigenvalue weighted by Crippen LogP contribution is 2.20. The van der Waals surface area contributed by atoms with Gasteiger partial charge >= 0.3 is 5.97 Å². The fourth-order valence-corrected chi connectivity index (χ4v) is 1.60. The molecule has 0 radical (unpaired) electrons. The number of nitrogens with one attached hydrogen (secondary N) is 2. The summed E-state index contributed by atoms with van der Waals surface area (Å²) < 4.78 is 4.91. The summed E-state index contributed by atoms with van der Waals surface area (Å²) in [5.41, 5.74) is 6.60. The summed E-state index contributed by atoms with van der Waals surface area (Å²) in [4.78, 5) is 15.5. The number of hydrazine groups is 1. The van der Waals surface area contributed by atoms with Gasteiger partial charge in [-0.1, -0.05) is 0 Å². The highest BCUT2D eigenvalue weighted by Gasteiger charge is 2.28. The Morgan fingerprint density at radius 1 is 1.79 bits per heavy atom. The Labute approximate surface area is 82.2 Å². The van der Waals surface area contributed by atoms with Gasteiger partial charge in [-0.05, 0) is 13.3 Å². The molecule has 0 aliphatic carbocycles. The highest BCUT2D eigenvalue weighted by molar-refractivity contribution is 5.94. The number of rotatable bonds is 2. The normalized spacial score (nSPS) is 24.5. The maximum absolute atomic E-state index is 11.4. The van der Waals surface area contributed by atoms with E-state index in [4.69, 9.17) is 4.74 Å². The lowest BCUT2D eigenvalue weighted by atomic mass is 9.98. The van der Waals surface area contributed by atoms with Crippen LogP contribution in [0.2, 0.25) is 0 Å². The van der Waals surface area contributed by atoms with Crippen molar-refractivity contribution in [3.05, 3.63) is 11.8 Å². The van der Waals surface area contributed by atoms with Crippen molar-refractivity contribution in [3.8, 4) is 0 Å². The molecule has 0 saturated carbocycles. The molecule has 0 amide bonds. The van der Waals surface area contributed by atoms with Gasteiger partial charge in [0.05, 0.1) is 12.2 Å². The monoisotopic (exact) mass is 195 g/mol. The number of carbonyl (C=O) groups is 1. The minimum Gasteiger partial charge on any atom is -0.463 e. The molecule has 2 heterocycles. The molecule has 5 heteroatoms. The van der Waals surface area contributed by atoms with Crippen LogP contribution < -0.4 is 10.9 Å². The van der Waals surface area contributed by atoms with Gasteiger partial charge in [-0.15, -0.1) is 0 Å². The molecular weight excluding hydrogens is 182 g/mol. The molecule has 2 aliphatic rings. The van der Waals surface area contributed by atoms with Crippen LogP contribution in [0.5, 0.6) is 0 Å². The predicted octanol–water partition coefficient (Wildman–Crippen LogP) is -0.0404. The van der Waals surface area contributed by atoms with Crippen molar-refractivity contribution in [3.63, 3.8) is 0 Å². The molecule has 2 rings (SSSR count). The van der Waals surface area contributed by atoms with Gasteiger partial charge in [0.1, 0.15) is 5.84 Å². The first-order chi connectivity index (χ1) is 6.81. The van der Waals surface area contributed by atoms with E-state index in [9.17, 15) is 4.79 Å². The third-order valence-electron chi connectivity index (χ3n) is 2.32.